The van der Waals surface area contributed by atoms with Crippen LogP contribution in [0.3, 0.4) is 0 Å². The number of nitrogens with one attached hydrogen (secondary N) is 1. The van der Waals surface area contributed by atoms with Crippen LogP contribution in [-0.4, -0.2) is 36.7 Å². The highest BCUT2D eigenvalue weighted by Crippen LogP contribution is 2.21. The molecule has 0 aliphatic carbocycles. The molecule has 0 saturated heterocycles. The van der Waals surface area contributed by atoms with Crippen LogP contribution in [0.4, 0.5) is 0 Å². The number of nitrogens with zero attached hydrogens (tertiary/aromatic N) is 2. The Balaban J connectivity index is 1.54. The molecule has 1 aromatic heterocycles. The SMILES string of the molecule is CN(C)CCCn1cc(CNCCCc2ccccc2)c2ccccc21. The Morgan fingerprint density at radius 1 is 0.923 bits per heavy atom. The van der Waals surface area contributed by atoms with E-state index in [9.17, 15) is 0 Å². The van der Waals surface area contributed by atoms with E-state index in [0.717, 1.165) is 32.6 Å². The fourth-order valence-corrected chi connectivity index (χ4v) is 3.49. The Morgan fingerprint density at radius 3 is 2.50 bits per heavy atom. The van der Waals surface area contributed by atoms with Gasteiger partial charge in [0, 0.05) is 30.2 Å². The zero-order valence-electron chi connectivity index (χ0n) is 16.1. The molecule has 0 saturated carbocycles. The van der Waals surface area contributed by atoms with Gasteiger partial charge in [-0.3, -0.25) is 0 Å². The summed E-state index contributed by atoms with van der Waals surface area (Å²) in [6.07, 6.45) is 5.83. The largest absolute Gasteiger partial charge is 0.347 e. The summed E-state index contributed by atoms with van der Waals surface area (Å²) in [5.74, 6) is 0. The number of para-hydroxylation sites is 1. The molecule has 3 nitrogen and oxygen atoms in total. The highest BCUT2D eigenvalue weighted by Gasteiger charge is 2.07. The van der Waals surface area contributed by atoms with Gasteiger partial charge in [-0.2, -0.15) is 0 Å². The number of hydrogen-bond acceptors (Lipinski definition) is 2. The van der Waals surface area contributed by atoms with Gasteiger partial charge in [0.25, 0.3) is 0 Å². The molecule has 0 aliphatic heterocycles. The predicted molar refractivity (Wildman–Crippen MR) is 112 cm³/mol. The van der Waals surface area contributed by atoms with Gasteiger partial charge in [0.15, 0.2) is 0 Å². The Labute approximate surface area is 157 Å². The average Bonchev–Trinajstić information content (AvgIpc) is 3.00. The van der Waals surface area contributed by atoms with Crippen molar-refractivity contribution in [2.24, 2.45) is 0 Å². The zero-order chi connectivity index (χ0) is 18.2. The maximum Gasteiger partial charge on any atom is 0.0483 e. The second kappa shape index (κ2) is 9.56. The summed E-state index contributed by atoms with van der Waals surface area (Å²) in [5.41, 5.74) is 4.18. The van der Waals surface area contributed by atoms with Crippen molar-refractivity contribution in [1.82, 2.24) is 14.8 Å². The molecule has 0 atom stereocenters. The minimum atomic E-state index is 0.940. The lowest BCUT2D eigenvalue weighted by molar-refractivity contribution is 0.388. The summed E-state index contributed by atoms with van der Waals surface area (Å²) in [6, 6.07) is 19.5. The third kappa shape index (κ3) is 5.20. The van der Waals surface area contributed by atoms with Gasteiger partial charge in [0.2, 0.25) is 0 Å². The zero-order valence-corrected chi connectivity index (χ0v) is 16.1. The molecule has 0 amide bonds. The normalized spacial score (nSPS) is 11.5. The van der Waals surface area contributed by atoms with Gasteiger partial charge >= 0.3 is 0 Å². The van der Waals surface area contributed by atoms with Crippen LogP contribution in [0.2, 0.25) is 0 Å². The molecule has 1 heterocycles. The molecular weight excluding hydrogens is 318 g/mol. The van der Waals surface area contributed by atoms with Crippen molar-refractivity contribution in [3.63, 3.8) is 0 Å². The third-order valence-corrected chi connectivity index (χ3v) is 4.85. The van der Waals surface area contributed by atoms with Crippen LogP contribution in [0, 0.1) is 0 Å². The van der Waals surface area contributed by atoms with E-state index in [1.54, 1.807) is 0 Å². The molecule has 0 fully saturated rings. The summed E-state index contributed by atoms with van der Waals surface area (Å²) < 4.78 is 2.42. The van der Waals surface area contributed by atoms with Crippen LogP contribution < -0.4 is 5.32 Å². The van der Waals surface area contributed by atoms with Crippen LogP contribution in [0.25, 0.3) is 10.9 Å². The molecule has 3 rings (SSSR count). The Morgan fingerprint density at radius 2 is 1.69 bits per heavy atom. The molecule has 138 valence electrons. The molecule has 2 aromatic carbocycles. The lowest BCUT2D eigenvalue weighted by Gasteiger charge is -2.10. The predicted octanol–water partition coefficient (Wildman–Crippen LogP) is 4.32. The van der Waals surface area contributed by atoms with Crippen LogP contribution in [-0.2, 0) is 19.5 Å². The van der Waals surface area contributed by atoms with E-state index in [0.29, 0.717) is 0 Å². The summed E-state index contributed by atoms with van der Waals surface area (Å²) in [7, 11) is 4.27. The van der Waals surface area contributed by atoms with E-state index in [1.807, 2.05) is 0 Å². The van der Waals surface area contributed by atoms with Crippen molar-refractivity contribution >= 4 is 10.9 Å². The third-order valence-electron chi connectivity index (χ3n) is 4.85. The summed E-state index contributed by atoms with van der Waals surface area (Å²) in [6.45, 7) is 4.19. The molecular formula is C23H31N3. The number of benzene rings is 2. The van der Waals surface area contributed by atoms with E-state index in [2.05, 4.69) is 89.7 Å². The monoisotopic (exact) mass is 349 g/mol. The molecule has 0 bridgehead atoms. The fourth-order valence-electron chi connectivity index (χ4n) is 3.49. The van der Waals surface area contributed by atoms with Crippen molar-refractivity contribution in [3.8, 4) is 0 Å². The first-order chi connectivity index (χ1) is 12.7. The number of fused-ring (bicyclic) bond motifs is 1. The number of rotatable bonds is 10. The quantitative estimate of drug-likeness (QED) is 0.550. The van der Waals surface area contributed by atoms with E-state index in [1.165, 1.54) is 34.9 Å². The Hall–Kier alpha value is -2.10. The van der Waals surface area contributed by atoms with Crippen LogP contribution in [0.1, 0.15) is 24.0 Å². The standard InChI is InChI=1S/C23H31N3/c1-25(2)16-9-17-26-19-21(22-13-6-7-14-23(22)26)18-24-15-8-12-20-10-4-3-5-11-20/h3-7,10-11,13-14,19,24H,8-9,12,15-18H2,1-2H3. The fraction of sp³-hybridized carbons (Fsp3) is 0.391. The van der Waals surface area contributed by atoms with E-state index >= 15 is 0 Å². The minimum absolute atomic E-state index is 0.940. The second-order valence-corrected chi connectivity index (χ2v) is 7.29. The first kappa shape index (κ1) is 18.7. The molecule has 0 radical (unpaired) electrons. The number of aryl methyl sites for hydroxylation is 2. The first-order valence-electron chi connectivity index (χ1n) is 9.70. The summed E-state index contributed by atoms with van der Waals surface area (Å²) in [5, 5.41) is 5.01. The number of aromatic nitrogens is 1. The molecule has 0 aliphatic rings. The van der Waals surface area contributed by atoms with Crippen LogP contribution in [0.5, 0.6) is 0 Å². The van der Waals surface area contributed by atoms with E-state index < -0.39 is 0 Å². The van der Waals surface area contributed by atoms with Gasteiger partial charge in [-0.25, -0.2) is 0 Å². The molecule has 0 unspecified atom stereocenters. The first-order valence-corrected chi connectivity index (χ1v) is 9.70. The molecule has 26 heavy (non-hydrogen) atoms. The maximum atomic E-state index is 3.63. The van der Waals surface area contributed by atoms with Gasteiger partial charge < -0.3 is 14.8 Å². The van der Waals surface area contributed by atoms with E-state index in [4.69, 9.17) is 0 Å². The highest BCUT2D eigenvalue weighted by molar-refractivity contribution is 5.83. The van der Waals surface area contributed by atoms with Crippen molar-refractivity contribution < 1.29 is 0 Å². The van der Waals surface area contributed by atoms with Gasteiger partial charge in [-0.05, 0) is 63.6 Å². The average molecular weight is 350 g/mol. The van der Waals surface area contributed by atoms with Crippen LogP contribution in [0.15, 0.2) is 60.8 Å². The van der Waals surface area contributed by atoms with Gasteiger partial charge in [0.05, 0.1) is 0 Å². The van der Waals surface area contributed by atoms with Crippen molar-refractivity contribution in [2.75, 3.05) is 27.2 Å². The van der Waals surface area contributed by atoms with Crippen molar-refractivity contribution in [3.05, 3.63) is 71.9 Å². The van der Waals surface area contributed by atoms with Gasteiger partial charge in [-0.1, -0.05) is 48.5 Å². The summed E-state index contributed by atoms with van der Waals surface area (Å²) in [4.78, 5) is 2.25. The summed E-state index contributed by atoms with van der Waals surface area (Å²) >= 11 is 0. The molecule has 3 aromatic rings. The maximum absolute atomic E-state index is 3.63. The van der Waals surface area contributed by atoms with Gasteiger partial charge in [-0.15, -0.1) is 0 Å². The minimum Gasteiger partial charge on any atom is -0.347 e. The van der Waals surface area contributed by atoms with E-state index in [-0.39, 0.29) is 0 Å². The topological polar surface area (TPSA) is 20.2 Å². The van der Waals surface area contributed by atoms with Crippen molar-refractivity contribution in [2.45, 2.75) is 32.4 Å². The Kier molecular flexibility index (Phi) is 6.87. The smallest absolute Gasteiger partial charge is 0.0483 e. The lowest BCUT2D eigenvalue weighted by atomic mass is 10.1. The Bertz CT molecular complexity index is 790. The lowest BCUT2D eigenvalue weighted by Crippen LogP contribution is -2.15. The second-order valence-electron chi connectivity index (χ2n) is 7.29. The van der Waals surface area contributed by atoms with Crippen molar-refractivity contribution in [1.29, 1.82) is 0 Å². The van der Waals surface area contributed by atoms with Gasteiger partial charge in [0.1, 0.15) is 0 Å². The molecule has 0 spiro atoms. The molecule has 3 heteroatoms. The highest BCUT2D eigenvalue weighted by atomic mass is 15.1. The number of hydrogen-bond donors (Lipinski definition) is 1. The van der Waals surface area contributed by atoms with Crippen LogP contribution >= 0.6 is 0 Å². The molecule has 1 N–H and O–H groups in total.